The van der Waals surface area contributed by atoms with Crippen LogP contribution in [0, 0.1) is 10.5 Å². The number of rotatable bonds is 4. The van der Waals surface area contributed by atoms with Crippen molar-refractivity contribution in [3.05, 3.63) is 39.5 Å². The highest BCUT2D eigenvalue weighted by molar-refractivity contribution is 14.1. The predicted molar refractivity (Wildman–Crippen MR) is 75.5 cm³/mol. The molecule has 0 saturated heterocycles. The lowest BCUT2D eigenvalue weighted by atomic mass is 10.3. The molecule has 0 bridgehead atoms. The average molecular weight is 370 g/mol. The maximum atomic E-state index is 11.6. The van der Waals surface area contributed by atoms with Gasteiger partial charge in [-0.25, -0.2) is 0 Å². The molecule has 0 saturated carbocycles. The first kappa shape index (κ1) is 13.8. The van der Waals surface area contributed by atoms with Crippen LogP contribution in [0.15, 0.2) is 24.3 Å². The number of carbonyl (C=O) groups is 1. The van der Waals surface area contributed by atoms with Gasteiger partial charge in [0, 0.05) is 9.99 Å². The maximum absolute atomic E-state index is 11.6. The monoisotopic (exact) mass is 370 g/mol. The summed E-state index contributed by atoms with van der Waals surface area (Å²) in [5.74, 6) is 1.15. The minimum absolute atomic E-state index is 0.192. The van der Waals surface area contributed by atoms with Crippen molar-refractivity contribution in [2.75, 3.05) is 0 Å². The van der Waals surface area contributed by atoms with Gasteiger partial charge in [-0.2, -0.15) is 0 Å². The van der Waals surface area contributed by atoms with Crippen LogP contribution in [-0.2, 0) is 11.2 Å². The summed E-state index contributed by atoms with van der Waals surface area (Å²) in [6.07, 6.45) is 0.556. The van der Waals surface area contributed by atoms with Gasteiger partial charge < -0.3 is 4.74 Å². The van der Waals surface area contributed by atoms with Crippen LogP contribution in [-0.4, -0.2) is 26.4 Å². The molecule has 0 amide bonds. The topological polar surface area (TPSA) is 77.9 Å². The summed E-state index contributed by atoms with van der Waals surface area (Å²) in [5, 5.41) is 15.2. The van der Waals surface area contributed by atoms with Gasteiger partial charge in [-0.05, 0) is 47.7 Å². The second-order valence-electron chi connectivity index (χ2n) is 3.79. The predicted octanol–water partition coefficient (Wildman–Crippen LogP) is 1.72. The lowest BCUT2D eigenvalue weighted by molar-refractivity contribution is -0.134. The third-order valence-corrected chi connectivity index (χ3v) is 2.87. The summed E-state index contributed by atoms with van der Waals surface area (Å²) in [6.45, 7) is 1.70. The molecule has 2 rings (SSSR count). The van der Waals surface area contributed by atoms with Gasteiger partial charge in [0.2, 0.25) is 0 Å². The number of benzene rings is 1. The minimum atomic E-state index is -0.328. The molecule has 0 radical (unpaired) electrons. The molecule has 0 aliphatic rings. The minimum Gasteiger partial charge on any atom is -0.426 e. The Labute approximate surface area is 123 Å². The Balaban J connectivity index is 1.86. The SMILES string of the molecule is Cc1nnc(CCC(=O)Oc2cccc(I)c2)nn1. The highest BCUT2D eigenvalue weighted by Crippen LogP contribution is 2.15. The lowest BCUT2D eigenvalue weighted by Gasteiger charge is -2.03. The van der Waals surface area contributed by atoms with Crippen molar-refractivity contribution in [1.82, 2.24) is 20.4 Å². The molecule has 98 valence electrons. The Hall–Kier alpha value is -1.64. The fourth-order valence-electron chi connectivity index (χ4n) is 1.33. The van der Waals surface area contributed by atoms with Crippen molar-refractivity contribution < 1.29 is 9.53 Å². The Morgan fingerprint density at radius 1 is 1.26 bits per heavy atom. The van der Waals surface area contributed by atoms with Gasteiger partial charge in [-0.3, -0.25) is 4.79 Å². The van der Waals surface area contributed by atoms with E-state index in [4.69, 9.17) is 4.74 Å². The van der Waals surface area contributed by atoms with Crippen molar-refractivity contribution in [3.8, 4) is 5.75 Å². The Morgan fingerprint density at radius 2 is 2.00 bits per heavy atom. The van der Waals surface area contributed by atoms with Gasteiger partial charge in [0.25, 0.3) is 0 Å². The number of carbonyl (C=O) groups excluding carboxylic acids is 1. The highest BCUT2D eigenvalue weighted by atomic mass is 127. The number of halogens is 1. The molecule has 6 nitrogen and oxygen atoms in total. The quantitative estimate of drug-likeness (QED) is 0.463. The van der Waals surface area contributed by atoms with E-state index < -0.39 is 0 Å². The Bertz CT molecular complexity index is 574. The number of aryl methyl sites for hydroxylation is 2. The second kappa shape index (κ2) is 6.50. The van der Waals surface area contributed by atoms with Gasteiger partial charge in [0.15, 0.2) is 11.6 Å². The fraction of sp³-hybridized carbons (Fsp3) is 0.250. The highest BCUT2D eigenvalue weighted by Gasteiger charge is 2.08. The second-order valence-corrected chi connectivity index (χ2v) is 5.04. The third-order valence-electron chi connectivity index (χ3n) is 2.20. The molecule has 0 spiro atoms. The molecule has 7 heteroatoms. The fourth-order valence-corrected chi connectivity index (χ4v) is 1.84. The van der Waals surface area contributed by atoms with Gasteiger partial charge in [0.05, 0.1) is 6.42 Å². The summed E-state index contributed by atoms with van der Waals surface area (Å²) >= 11 is 2.16. The number of hydrogen-bond donors (Lipinski definition) is 0. The van der Waals surface area contributed by atoms with Crippen molar-refractivity contribution >= 4 is 28.6 Å². The molecular weight excluding hydrogens is 359 g/mol. The zero-order valence-corrected chi connectivity index (χ0v) is 12.4. The summed E-state index contributed by atoms with van der Waals surface area (Å²) < 4.78 is 6.21. The molecule has 0 aliphatic carbocycles. The van der Waals surface area contributed by atoms with Gasteiger partial charge in [-0.15, -0.1) is 20.4 Å². The largest absolute Gasteiger partial charge is 0.426 e. The van der Waals surface area contributed by atoms with Gasteiger partial charge in [-0.1, -0.05) is 6.07 Å². The number of hydrogen-bond acceptors (Lipinski definition) is 6. The van der Waals surface area contributed by atoms with Crippen molar-refractivity contribution in [2.45, 2.75) is 19.8 Å². The van der Waals surface area contributed by atoms with Gasteiger partial charge in [0.1, 0.15) is 5.75 Å². The van der Waals surface area contributed by atoms with E-state index in [1.165, 1.54) is 0 Å². The summed E-state index contributed by atoms with van der Waals surface area (Å²) in [7, 11) is 0. The number of esters is 1. The lowest BCUT2D eigenvalue weighted by Crippen LogP contribution is -2.11. The van der Waals surface area contributed by atoms with Crippen molar-refractivity contribution in [3.63, 3.8) is 0 Å². The summed E-state index contributed by atoms with van der Waals surface area (Å²) in [6, 6.07) is 7.30. The van der Waals surface area contributed by atoms with E-state index >= 15 is 0 Å². The third kappa shape index (κ3) is 4.51. The van der Waals surface area contributed by atoms with Crippen LogP contribution < -0.4 is 4.74 Å². The Kier molecular flexibility index (Phi) is 4.72. The van der Waals surface area contributed by atoms with Crippen LogP contribution in [0.25, 0.3) is 0 Å². The molecule has 19 heavy (non-hydrogen) atoms. The first-order valence-corrected chi connectivity index (χ1v) is 6.70. The smallest absolute Gasteiger partial charge is 0.311 e. The van der Waals surface area contributed by atoms with Crippen LogP contribution >= 0.6 is 22.6 Å². The average Bonchev–Trinajstić information content (AvgIpc) is 2.38. The standard InChI is InChI=1S/C12H11IN4O2/c1-8-14-16-11(17-15-8)5-6-12(18)19-10-4-2-3-9(13)7-10/h2-4,7H,5-6H2,1H3. The van der Waals surface area contributed by atoms with Crippen LogP contribution in [0.1, 0.15) is 18.1 Å². The molecule has 1 aromatic heterocycles. The van der Waals surface area contributed by atoms with Crippen molar-refractivity contribution in [1.29, 1.82) is 0 Å². The van der Waals surface area contributed by atoms with Crippen LogP contribution in [0.3, 0.4) is 0 Å². The van der Waals surface area contributed by atoms with E-state index in [0.29, 0.717) is 23.8 Å². The maximum Gasteiger partial charge on any atom is 0.311 e. The number of aromatic nitrogens is 4. The van der Waals surface area contributed by atoms with E-state index in [0.717, 1.165) is 3.57 Å². The molecule has 0 aliphatic heterocycles. The van der Waals surface area contributed by atoms with E-state index in [1.807, 2.05) is 12.1 Å². The van der Waals surface area contributed by atoms with Crippen LogP contribution in [0.2, 0.25) is 0 Å². The normalized spacial score (nSPS) is 10.2. The zero-order chi connectivity index (χ0) is 13.7. The van der Waals surface area contributed by atoms with E-state index in [-0.39, 0.29) is 12.4 Å². The molecule has 0 fully saturated rings. The van der Waals surface area contributed by atoms with E-state index in [1.54, 1.807) is 19.1 Å². The van der Waals surface area contributed by atoms with E-state index in [9.17, 15) is 4.79 Å². The molecule has 0 unspecified atom stereocenters. The van der Waals surface area contributed by atoms with Gasteiger partial charge >= 0.3 is 5.97 Å². The molecular formula is C12H11IN4O2. The van der Waals surface area contributed by atoms with E-state index in [2.05, 4.69) is 43.0 Å². The Morgan fingerprint density at radius 3 is 2.68 bits per heavy atom. The molecule has 1 aromatic carbocycles. The van der Waals surface area contributed by atoms with Crippen LogP contribution in [0.4, 0.5) is 0 Å². The molecule has 2 aromatic rings. The van der Waals surface area contributed by atoms with Crippen molar-refractivity contribution in [2.24, 2.45) is 0 Å². The molecule has 0 atom stereocenters. The first-order chi connectivity index (χ1) is 9.13. The zero-order valence-electron chi connectivity index (χ0n) is 10.2. The summed E-state index contributed by atoms with van der Waals surface area (Å²) in [4.78, 5) is 11.6. The van der Waals surface area contributed by atoms with Crippen LogP contribution in [0.5, 0.6) is 5.75 Å². The number of nitrogens with zero attached hydrogens (tertiary/aromatic N) is 4. The number of ether oxygens (including phenoxy) is 1. The molecule has 1 heterocycles. The summed E-state index contributed by atoms with van der Waals surface area (Å²) in [5.41, 5.74) is 0. The first-order valence-electron chi connectivity index (χ1n) is 5.62. The molecule has 0 N–H and O–H groups in total.